The fraction of sp³-hybridized carbons (Fsp3) is 0.538. The van der Waals surface area contributed by atoms with Crippen LogP contribution in [-0.4, -0.2) is 12.7 Å². The molecule has 0 radical (unpaired) electrons. The quantitative estimate of drug-likeness (QED) is 0.709. The third-order valence-electron chi connectivity index (χ3n) is 1.90. The van der Waals surface area contributed by atoms with Gasteiger partial charge in [-0.05, 0) is 31.9 Å². The van der Waals surface area contributed by atoms with Gasteiger partial charge in [0.25, 0.3) is 0 Å². The highest BCUT2D eigenvalue weighted by atomic mass is 32.1. The highest BCUT2D eigenvalue weighted by molar-refractivity contribution is 7.12. The Morgan fingerprint density at radius 3 is 2.53 bits per heavy atom. The summed E-state index contributed by atoms with van der Waals surface area (Å²) in [5, 5.41) is 0. The largest absolute Gasteiger partial charge is 0.366 e. The number of thiophene rings is 1. The van der Waals surface area contributed by atoms with Crippen LogP contribution in [-0.2, 0) is 4.74 Å². The molecule has 2 heteroatoms. The van der Waals surface area contributed by atoms with E-state index in [1.165, 1.54) is 4.88 Å². The average molecular weight is 222 g/mol. The first-order valence-corrected chi connectivity index (χ1v) is 6.11. The summed E-state index contributed by atoms with van der Waals surface area (Å²) in [6.07, 6.45) is 0.258. The van der Waals surface area contributed by atoms with Gasteiger partial charge in [-0.15, -0.1) is 11.3 Å². The number of hydrogen-bond donors (Lipinski definition) is 0. The van der Waals surface area contributed by atoms with Crippen LogP contribution in [0.4, 0.5) is 0 Å². The summed E-state index contributed by atoms with van der Waals surface area (Å²) in [4.78, 5) is 2.52. The zero-order valence-corrected chi connectivity index (χ0v) is 10.6. The summed E-state index contributed by atoms with van der Waals surface area (Å²) in [6, 6.07) is 4.24. The molecule has 0 unspecified atom stereocenters. The lowest BCUT2D eigenvalue weighted by Gasteiger charge is -2.00. The Labute approximate surface area is 96.5 Å². The zero-order chi connectivity index (χ0) is 11.3. The molecule has 0 spiro atoms. The summed E-state index contributed by atoms with van der Waals surface area (Å²) >= 11 is 1.77. The van der Waals surface area contributed by atoms with E-state index in [4.69, 9.17) is 4.74 Å². The monoisotopic (exact) mass is 222 g/mol. The number of hydrogen-bond acceptors (Lipinski definition) is 2. The Morgan fingerprint density at radius 2 is 2.00 bits per heavy atom. The lowest BCUT2D eigenvalue weighted by atomic mass is 10.2. The van der Waals surface area contributed by atoms with Gasteiger partial charge in [-0.2, -0.15) is 0 Å². The van der Waals surface area contributed by atoms with Gasteiger partial charge < -0.3 is 4.74 Å². The molecule has 0 N–H and O–H groups in total. The van der Waals surface area contributed by atoms with Gasteiger partial charge in [-0.25, -0.2) is 0 Å². The Morgan fingerprint density at radius 1 is 1.27 bits per heavy atom. The Balaban J connectivity index is 2.49. The summed E-state index contributed by atoms with van der Waals surface area (Å²) in [5.74, 6) is 6.74. The second kappa shape index (κ2) is 5.95. The molecule has 1 aromatic heterocycles. The van der Waals surface area contributed by atoms with Crippen LogP contribution in [0.2, 0.25) is 0 Å². The summed E-state index contributed by atoms with van der Waals surface area (Å²) in [7, 11) is 0. The maximum absolute atomic E-state index is 5.35. The van der Waals surface area contributed by atoms with Crippen molar-refractivity contribution in [2.24, 2.45) is 0 Å². The first kappa shape index (κ1) is 12.3. The summed E-state index contributed by atoms with van der Waals surface area (Å²) in [6.45, 7) is 8.95. The molecule has 0 aliphatic rings. The first-order chi connectivity index (χ1) is 7.09. The van der Waals surface area contributed by atoms with Crippen molar-refractivity contribution in [3.05, 3.63) is 21.9 Å². The van der Waals surface area contributed by atoms with Crippen molar-refractivity contribution in [3.63, 3.8) is 0 Å². The molecule has 0 aromatic carbocycles. The van der Waals surface area contributed by atoms with Gasteiger partial charge >= 0.3 is 0 Å². The minimum absolute atomic E-state index is 0.258. The average Bonchev–Trinajstić information content (AvgIpc) is 2.60. The Hall–Kier alpha value is -0.780. The van der Waals surface area contributed by atoms with Gasteiger partial charge in [0, 0.05) is 4.88 Å². The molecule has 1 rings (SSSR count). The van der Waals surface area contributed by atoms with Crippen molar-refractivity contribution < 1.29 is 4.74 Å². The van der Waals surface area contributed by atoms with Crippen molar-refractivity contribution >= 4 is 11.3 Å². The van der Waals surface area contributed by atoms with E-state index >= 15 is 0 Å². The van der Waals surface area contributed by atoms with Crippen molar-refractivity contribution in [2.75, 3.05) is 6.61 Å². The van der Waals surface area contributed by atoms with Crippen molar-refractivity contribution in [3.8, 4) is 11.8 Å². The fourth-order valence-corrected chi connectivity index (χ4v) is 1.95. The van der Waals surface area contributed by atoms with Gasteiger partial charge in [-0.1, -0.05) is 25.7 Å². The predicted octanol–water partition coefficient (Wildman–Crippen LogP) is 3.65. The minimum atomic E-state index is 0.258. The molecule has 82 valence electrons. The maximum Gasteiger partial charge on any atom is 0.108 e. The lowest BCUT2D eigenvalue weighted by molar-refractivity contribution is 0.107. The van der Waals surface area contributed by atoms with Crippen LogP contribution in [0.3, 0.4) is 0 Å². The smallest absolute Gasteiger partial charge is 0.108 e. The summed E-state index contributed by atoms with van der Waals surface area (Å²) < 4.78 is 5.35. The van der Waals surface area contributed by atoms with Gasteiger partial charge in [0.1, 0.15) is 6.61 Å². The molecule has 0 saturated heterocycles. The van der Waals surface area contributed by atoms with Crippen LogP contribution >= 0.6 is 11.3 Å². The first-order valence-electron chi connectivity index (χ1n) is 5.29. The van der Waals surface area contributed by atoms with Crippen LogP contribution in [0.25, 0.3) is 0 Å². The normalized spacial score (nSPS) is 10.5. The molecule has 0 amide bonds. The van der Waals surface area contributed by atoms with E-state index in [2.05, 4.69) is 37.8 Å². The van der Waals surface area contributed by atoms with Crippen LogP contribution in [0, 0.1) is 11.8 Å². The van der Waals surface area contributed by atoms with Crippen LogP contribution in [0.1, 0.15) is 43.4 Å². The lowest BCUT2D eigenvalue weighted by Crippen LogP contribution is -2.01. The van der Waals surface area contributed by atoms with Gasteiger partial charge in [0.2, 0.25) is 0 Å². The van der Waals surface area contributed by atoms with E-state index in [0.717, 1.165) is 4.88 Å². The van der Waals surface area contributed by atoms with Crippen LogP contribution in [0.5, 0.6) is 0 Å². The van der Waals surface area contributed by atoms with Gasteiger partial charge in [0.15, 0.2) is 0 Å². The molecule has 0 aliphatic carbocycles. The Kier molecular flexibility index (Phi) is 4.87. The fourth-order valence-electron chi connectivity index (χ4n) is 1.06. The minimum Gasteiger partial charge on any atom is -0.366 e. The van der Waals surface area contributed by atoms with E-state index in [0.29, 0.717) is 12.5 Å². The highest BCUT2D eigenvalue weighted by Crippen LogP contribution is 2.23. The SMILES string of the molecule is CC(C)OCC#Cc1ccc(C(C)C)s1. The van der Waals surface area contributed by atoms with E-state index < -0.39 is 0 Å². The van der Waals surface area contributed by atoms with Crippen molar-refractivity contribution in [2.45, 2.75) is 39.7 Å². The van der Waals surface area contributed by atoms with Crippen LogP contribution in [0.15, 0.2) is 12.1 Å². The molecule has 15 heavy (non-hydrogen) atoms. The van der Waals surface area contributed by atoms with E-state index in [1.807, 2.05) is 13.8 Å². The zero-order valence-electron chi connectivity index (χ0n) is 9.83. The predicted molar refractivity (Wildman–Crippen MR) is 66.4 cm³/mol. The number of rotatable bonds is 3. The third-order valence-corrected chi connectivity index (χ3v) is 3.20. The second-order valence-corrected chi connectivity index (χ2v) is 5.13. The number of ether oxygens (including phenoxy) is 1. The maximum atomic E-state index is 5.35. The molecule has 1 aromatic rings. The van der Waals surface area contributed by atoms with Crippen molar-refractivity contribution in [1.82, 2.24) is 0 Å². The molecule has 0 saturated carbocycles. The molecule has 1 nitrogen and oxygen atoms in total. The Bertz CT molecular complexity index is 352. The molecule has 0 aliphatic heterocycles. The molecular formula is C13H18OS. The molecule has 0 bridgehead atoms. The molecular weight excluding hydrogens is 204 g/mol. The van der Waals surface area contributed by atoms with Crippen LogP contribution < -0.4 is 0 Å². The van der Waals surface area contributed by atoms with E-state index in [9.17, 15) is 0 Å². The standard InChI is InChI=1S/C13H18OS/c1-10(2)13-8-7-12(15-13)6-5-9-14-11(3)4/h7-8,10-11H,9H2,1-4H3. The second-order valence-electron chi connectivity index (χ2n) is 4.02. The topological polar surface area (TPSA) is 9.23 Å². The molecule has 1 heterocycles. The van der Waals surface area contributed by atoms with Gasteiger partial charge in [-0.3, -0.25) is 0 Å². The van der Waals surface area contributed by atoms with E-state index in [-0.39, 0.29) is 6.10 Å². The van der Waals surface area contributed by atoms with Gasteiger partial charge in [0.05, 0.1) is 11.0 Å². The van der Waals surface area contributed by atoms with Crippen molar-refractivity contribution in [1.29, 1.82) is 0 Å². The summed E-state index contributed by atoms with van der Waals surface area (Å²) in [5.41, 5.74) is 0. The third kappa shape index (κ3) is 4.51. The molecule has 0 atom stereocenters. The van der Waals surface area contributed by atoms with E-state index in [1.54, 1.807) is 11.3 Å². The molecule has 0 fully saturated rings. The highest BCUT2D eigenvalue weighted by Gasteiger charge is 2.01.